The van der Waals surface area contributed by atoms with Gasteiger partial charge in [-0.15, -0.1) is 0 Å². The summed E-state index contributed by atoms with van der Waals surface area (Å²) in [6.07, 6.45) is 7.96. The lowest BCUT2D eigenvalue weighted by Gasteiger charge is -2.42. The molecule has 0 aromatic rings. The molecule has 2 amide bonds. The average molecular weight is 593 g/mol. The van der Waals surface area contributed by atoms with E-state index >= 15 is 0 Å². The second-order valence-electron chi connectivity index (χ2n) is 12.0. The predicted molar refractivity (Wildman–Crippen MR) is 155 cm³/mol. The van der Waals surface area contributed by atoms with Crippen molar-refractivity contribution in [2.24, 2.45) is 5.92 Å². The van der Waals surface area contributed by atoms with E-state index in [9.17, 15) is 24.6 Å². The van der Waals surface area contributed by atoms with Crippen LogP contribution in [-0.4, -0.2) is 89.1 Å². The third-order valence-electron chi connectivity index (χ3n) is 7.94. The number of ether oxygens (including phenoxy) is 4. The van der Waals surface area contributed by atoms with Crippen LogP contribution in [0.4, 0.5) is 0 Å². The van der Waals surface area contributed by atoms with Gasteiger partial charge in [-0.1, -0.05) is 37.6 Å². The molecule has 0 aromatic heterocycles. The van der Waals surface area contributed by atoms with Crippen LogP contribution in [0.2, 0.25) is 0 Å². The van der Waals surface area contributed by atoms with Gasteiger partial charge >= 0.3 is 5.97 Å². The maximum Gasteiger partial charge on any atom is 0.303 e. The number of rotatable bonds is 12. The van der Waals surface area contributed by atoms with Crippen LogP contribution in [0.5, 0.6) is 0 Å². The zero-order chi connectivity index (χ0) is 31.1. The van der Waals surface area contributed by atoms with Crippen LogP contribution < -0.4 is 10.6 Å². The fourth-order valence-corrected chi connectivity index (χ4v) is 5.51. The molecule has 3 aliphatic heterocycles. The number of carbonyl (C=O) groups is 3. The Hall–Kier alpha value is -2.57. The number of epoxide rings is 1. The summed E-state index contributed by atoms with van der Waals surface area (Å²) in [6, 6.07) is -0.146. The normalized spacial score (nSPS) is 35.8. The molecule has 1 unspecified atom stereocenters. The molecule has 11 nitrogen and oxygen atoms in total. The summed E-state index contributed by atoms with van der Waals surface area (Å²) in [7, 11) is 0. The van der Waals surface area contributed by atoms with Crippen molar-refractivity contribution in [2.75, 3.05) is 13.2 Å². The van der Waals surface area contributed by atoms with Crippen molar-refractivity contribution in [1.82, 2.24) is 10.6 Å². The van der Waals surface area contributed by atoms with Crippen molar-refractivity contribution in [1.29, 1.82) is 0 Å². The lowest BCUT2D eigenvalue weighted by Crippen LogP contribution is -2.57. The molecule has 236 valence electrons. The zero-order valence-corrected chi connectivity index (χ0v) is 25.6. The first-order valence-electron chi connectivity index (χ1n) is 14.9. The van der Waals surface area contributed by atoms with Gasteiger partial charge in [0.2, 0.25) is 11.8 Å². The molecule has 3 aliphatic rings. The molecule has 9 atom stereocenters. The van der Waals surface area contributed by atoms with E-state index in [0.717, 1.165) is 18.4 Å². The monoisotopic (exact) mass is 592 g/mol. The number of amides is 2. The average Bonchev–Trinajstić information content (AvgIpc) is 3.67. The highest BCUT2D eigenvalue weighted by Crippen LogP contribution is 2.47. The van der Waals surface area contributed by atoms with E-state index in [2.05, 4.69) is 17.6 Å². The Morgan fingerprint density at radius 2 is 1.90 bits per heavy atom. The lowest BCUT2D eigenvalue weighted by atomic mass is 9.85. The van der Waals surface area contributed by atoms with Crippen molar-refractivity contribution >= 4 is 17.8 Å². The number of allylic oxidation sites excluding steroid dienone is 2. The molecule has 4 N–H and O–H groups in total. The van der Waals surface area contributed by atoms with Gasteiger partial charge in [-0.25, -0.2) is 0 Å². The van der Waals surface area contributed by atoms with Crippen LogP contribution in [0.1, 0.15) is 73.6 Å². The van der Waals surface area contributed by atoms with E-state index in [1.807, 2.05) is 32.9 Å². The van der Waals surface area contributed by atoms with Gasteiger partial charge in [0.1, 0.15) is 23.9 Å². The SMILES string of the molecule is CCCNC(=O)CC1(O)C[C@@]2(CO2)[C@H](O)[C@@H](/C=C/C(C)=C/C[C@@H]2O[C@H](C)[C@H](NC(=O)/C=C\[C@H](C)OC(C)=O)C[C@@H]2C)O1. The molecule has 0 aromatic carbocycles. The molecule has 3 saturated heterocycles. The number of hydrogen-bond donors (Lipinski definition) is 4. The van der Waals surface area contributed by atoms with E-state index in [0.29, 0.717) is 19.6 Å². The Bertz CT molecular complexity index is 1050. The Balaban J connectivity index is 1.53. The minimum absolute atomic E-state index is 0.0279. The smallest absolute Gasteiger partial charge is 0.303 e. The van der Waals surface area contributed by atoms with Gasteiger partial charge in [0, 0.05) is 26.0 Å². The summed E-state index contributed by atoms with van der Waals surface area (Å²) >= 11 is 0. The Morgan fingerprint density at radius 1 is 1.19 bits per heavy atom. The van der Waals surface area contributed by atoms with Gasteiger partial charge in [-0.2, -0.15) is 0 Å². The molecule has 0 aliphatic carbocycles. The molecule has 0 bridgehead atoms. The highest BCUT2D eigenvalue weighted by atomic mass is 16.7. The number of hydrogen-bond acceptors (Lipinski definition) is 9. The van der Waals surface area contributed by atoms with Crippen molar-refractivity contribution in [2.45, 2.75) is 122 Å². The molecular formula is C31H48N2O9. The third-order valence-corrected chi connectivity index (χ3v) is 7.94. The number of esters is 1. The van der Waals surface area contributed by atoms with Gasteiger partial charge in [-0.3, -0.25) is 14.4 Å². The van der Waals surface area contributed by atoms with Gasteiger partial charge in [-0.05, 0) is 52.0 Å². The molecular weight excluding hydrogens is 544 g/mol. The molecule has 3 fully saturated rings. The van der Waals surface area contributed by atoms with Crippen LogP contribution in [0.15, 0.2) is 36.0 Å². The fraction of sp³-hybridized carbons (Fsp3) is 0.710. The Morgan fingerprint density at radius 3 is 2.55 bits per heavy atom. The van der Waals surface area contributed by atoms with E-state index in [1.54, 1.807) is 13.0 Å². The highest BCUT2D eigenvalue weighted by molar-refractivity contribution is 5.87. The standard InChI is InChI=1S/C31H48N2O9/c1-7-14-32-28(36)16-31(38)17-30(18-39-30)29(37)26(42-31)12-9-19(2)8-11-25-20(3)15-24(22(5)41-25)33-27(35)13-10-21(4)40-23(6)34/h8-10,12-13,20-22,24-26,29,37-38H,7,11,14-18H2,1-6H3,(H,32,36)(H,33,35)/b12-9+,13-10-,19-8+/t20-,21-,22+,24+,25-,26+,29+,30+,31?/m0/s1. The second-order valence-corrected chi connectivity index (χ2v) is 12.0. The quantitative estimate of drug-likeness (QED) is 0.115. The minimum Gasteiger partial charge on any atom is -0.459 e. The van der Waals surface area contributed by atoms with E-state index < -0.39 is 35.7 Å². The maximum absolute atomic E-state index is 12.4. The van der Waals surface area contributed by atoms with Crippen LogP contribution in [0, 0.1) is 5.92 Å². The molecule has 3 heterocycles. The number of aliphatic hydroxyl groups excluding tert-OH is 1. The first kappa shape index (κ1) is 33.9. The summed E-state index contributed by atoms with van der Waals surface area (Å²) < 4.78 is 22.6. The Labute approximate surface area is 248 Å². The van der Waals surface area contributed by atoms with E-state index in [4.69, 9.17) is 18.9 Å². The molecule has 11 heteroatoms. The van der Waals surface area contributed by atoms with Crippen LogP contribution >= 0.6 is 0 Å². The van der Waals surface area contributed by atoms with Crippen molar-refractivity contribution in [3.8, 4) is 0 Å². The van der Waals surface area contributed by atoms with Crippen LogP contribution in [0.3, 0.4) is 0 Å². The first-order valence-corrected chi connectivity index (χ1v) is 14.9. The minimum atomic E-state index is -1.73. The summed E-state index contributed by atoms with van der Waals surface area (Å²) in [5.41, 5.74) is 0.0198. The van der Waals surface area contributed by atoms with Gasteiger partial charge in [0.05, 0.1) is 31.3 Å². The number of nitrogens with one attached hydrogen (secondary N) is 2. The van der Waals surface area contributed by atoms with E-state index in [1.165, 1.54) is 19.1 Å². The van der Waals surface area contributed by atoms with Crippen LogP contribution in [0.25, 0.3) is 0 Å². The van der Waals surface area contributed by atoms with Crippen LogP contribution in [-0.2, 0) is 33.3 Å². The second kappa shape index (κ2) is 14.7. The van der Waals surface area contributed by atoms with Crippen molar-refractivity contribution < 1.29 is 43.5 Å². The maximum atomic E-state index is 12.4. The summed E-state index contributed by atoms with van der Waals surface area (Å²) in [6.45, 7) is 11.7. The molecule has 0 radical (unpaired) electrons. The lowest BCUT2D eigenvalue weighted by molar-refractivity contribution is -0.282. The predicted octanol–water partition coefficient (Wildman–Crippen LogP) is 2.21. The zero-order valence-electron chi connectivity index (χ0n) is 25.6. The fourth-order valence-electron chi connectivity index (χ4n) is 5.51. The third kappa shape index (κ3) is 9.74. The van der Waals surface area contributed by atoms with Crippen molar-refractivity contribution in [3.63, 3.8) is 0 Å². The first-order chi connectivity index (χ1) is 19.8. The molecule has 1 spiro atoms. The van der Waals surface area contributed by atoms with Gasteiger partial charge in [0.15, 0.2) is 5.79 Å². The van der Waals surface area contributed by atoms with Gasteiger partial charge < -0.3 is 39.8 Å². The van der Waals surface area contributed by atoms with E-state index in [-0.39, 0.29) is 48.8 Å². The molecule has 3 rings (SSSR count). The van der Waals surface area contributed by atoms with Crippen molar-refractivity contribution in [3.05, 3.63) is 36.0 Å². The number of aliphatic hydroxyl groups is 2. The summed E-state index contributed by atoms with van der Waals surface area (Å²) in [4.78, 5) is 35.7. The summed E-state index contributed by atoms with van der Waals surface area (Å²) in [5.74, 6) is -2.52. The Kier molecular flexibility index (Phi) is 11.9. The topological polar surface area (TPSA) is 156 Å². The summed E-state index contributed by atoms with van der Waals surface area (Å²) in [5, 5.41) is 27.7. The number of carbonyl (C=O) groups excluding carboxylic acids is 3. The largest absolute Gasteiger partial charge is 0.459 e. The van der Waals surface area contributed by atoms with Gasteiger partial charge in [0.25, 0.3) is 0 Å². The molecule has 0 saturated carbocycles. The molecule has 42 heavy (non-hydrogen) atoms. The highest BCUT2D eigenvalue weighted by Gasteiger charge is 2.62.